The normalized spacial score (nSPS) is 15.3. The fourth-order valence-electron chi connectivity index (χ4n) is 2.65. The molecule has 0 spiro atoms. The van der Waals surface area contributed by atoms with Gasteiger partial charge in [-0.1, -0.05) is 19.4 Å². The van der Waals surface area contributed by atoms with E-state index in [1.165, 1.54) is 0 Å². The number of hydrogen-bond acceptors (Lipinski definition) is 4. The Morgan fingerprint density at radius 3 is 2.57 bits per heavy atom. The van der Waals surface area contributed by atoms with Gasteiger partial charge in [-0.2, -0.15) is 0 Å². The van der Waals surface area contributed by atoms with Crippen molar-refractivity contribution >= 4 is 23.5 Å². The average Bonchev–Trinajstić information content (AvgIpc) is 3.03. The molecular weight excluding hydrogens is 296 g/mol. The Bertz CT molecular complexity index is 796. The first kappa shape index (κ1) is 15.2. The van der Waals surface area contributed by atoms with Gasteiger partial charge in [0.1, 0.15) is 5.65 Å². The number of nitrogens with zero attached hydrogens (tertiary/aromatic N) is 4. The molecular formula is C16H18N4O3. The third kappa shape index (κ3) is 2.58. The molecule has 3 rings (SSSR count). The molecule has 1 aliphatic rings. The number of aryl methyl sites for hydroxylation is 1. The van der Waals surface area contributed by atoms with E-state index in [-0.39, 0.29) is 13.1 Å². The number of imide groups is 2. The van der Waals surface area contributed by atoms with Crippen molar-refractivity contribution in [1.29, 1.82) is 0 Å². The van der Waals surface area contributed by atoms with Crippen LogP contribution in [-0.2, 0) is 16.1 Å². The van der Waals surface area contributed by atoms with Gasteiger partial charge in [0.15, 0.2) is 0 Å². The van der Waals surface area contributed by atoms with Crippen LogP contribution in [0.4, 0.5) is 4.79 Å². The molecule has 0 radical (unpaired) electrons. The van der Waals surface area contributed by atoms with E-state index < -0.39 is 17.8 Å². The Morgan fingerprint density at radius 1 is 1.13 bits per heavy atom. The van der Waals surface area contributed by atoms with Crippen molar-refractivity contribution in [3.05, 3.63) is 35.8 Å². The minimum Gasteiger partial charge on any atom is -0.307 e. The van der Waals surface area contributed by atoms with E-state index in [1.807, 2.05) is 36.6 Å². The molecule has 3 heterocycles. The van der Waals surface area contributed by atoms with Crippen molar-refractivity contribution in [1.82, 2.24) is 19.2 Å². The summed E-state index contributed by atoms with van der Waals surface area (Å²) in [6, 6.07) is 3.28. The molecule has 0 N–H and O–H groups in total. The highest BCUT2D eigenvalue weighted by Crippen LogP contribution is 2.17. The maximum Gasteiger partial charge on any atom is 0.334 e. The van der Waals surface area contributed by atoms with Crippen LogP contribution in [0, 0.1) is 6.92 Å². The Balaban J connectivity index is 1.83. The average molecular weight is 314 g/mol. The summed E-state index contributed by atoms with van der Waals surface area (Å²) < 4.78 is 1.84. The van der Waals surface area contributed by atoms with Crippen LogP contribution in [0.2, 0.25) is 0 Å². The second-order valence-electron chi connectivity index (χ2n) is 5.64. The number of unbranched alkanes of at least 4 members (excludes halogenated alkanes) is 1. The van der Waals surface area contributed by atoms with Crippen LogP contribution in [0.1, 0.15) is 31.0 Å². The maximum atomic E-state index is 12.3. The molecule has 0 aromatic carbocycles. The minimum absolute atomic E-state index is 0.00709. The Morgan fingerprint density at radius 2 is 1.87 bits per heavy atom. The van der Waals surface area contributed by atoms with E-state index in [9.17, 15) is 14.4 Å². The number of amides is 4. The predicted molar refractivity (Wildman–Crippen MR) is 82.5 cm³/mol. The summed E-state index contributed by atoms with van der Waals surface area (Å²) in [5.41, 5.74) is 2.35. The fraction of sp³-hybridized carbons (Fsp3) is 0.375. The summed E-state index contributed by atoms with van der Waals surface area (Å²) in [7, 11) is 0. The smallest absolute Gasteiger partial charge is 0.307 e. The van der Waals surface area contributed by atoms with Gasteiger partial charge < -0.3 is 4.40 Å². The fourth-order valence-corrected chi connectivity index (χ4v) is 2.65. The molecule has 4 amide bonds. The zero-order valence-electron chi connectivity index (χ0n) is 13.2. The standard InChI is InChI=1S/C16H18N4O3/c1-3-4-8-19-14(21)15(22)20(16(19)23)10-12-9-18-7-5-6-11(2)13(18)17-12/h5-7,9H,3-4,8,10H2,1-2H3. The number of imidazole rings is 1. The summed E-state index contributed by atoms with van der Waals surface area (Å²) in [5, 5.41) is 0. The summed E-state index contributed by atoms with van der Waals surface area (Å²) in [4.78, 5) is 42.7. The van der Waals surface area contributed by atoms with Crippen LogP contribution in [0.25, 0.3) is 5.65 Å². The molecule has 0 atom stereocenters. The van der Waals surface area contributed by atoms with E-state index in [4.69, 9.17) is 0 Å². The molecule has 0 aliphatic carbocycles. The molecule has 7 heteroatoms. The molecule has 2 aromatic rings. The van der Waals surface area contributed by atoms with Gasteiger partial charge in [-0.05, 0) is 25.0 Å². The van der Waals surface area contributed by atoms with Gasteiger partial charge in [-0.3, -0.25) is 14.5 Å². The molecule has 1 fully saturated rings. The van der Waals surface area contributed by atoms with Crippen molar-refractivity contribution < 1.29 is 14.4 Å². The number of carbonyl (C=O) groups excluding carboxylic acids is 3. The topological polar surface area (TPSA) is 75.0 Å². The van der Waals surface area contributed by atoms with Crippen LogP contribution in [0.5, 0.6) is 0 Å². The second-order valence-corrected chi connectivity index (χ2v) is 5.64. The predicted octanol–water partition coefficient (Wildman–Crippen LogP) is 1.73. The van der Waals surface area contributed by atoms with E-state index in [2.05, 4.69) is 4.98 Å². The molecule has 1 saturated heterocycles. The Kier molecular flexibility index (Phi) is 3.85. The minimum atomic E-state index is -0.778. The van der Waals surface area contributed by atoms with Gasteiger partial charge >= 0.3 is 17.8 Å². The van der Waals surface area contributed by atoms with Crippen LogP contribution in [-0.4, -0.2) is 43.6 Å². The molecule has 23 heavy (non-hydrogen) atoms. The van der Waals surface area contributed by atoms with Gasteiger partial charge in [0.05, 0.1) is 12.2 Å². The largest absolute Gasteiger partial charge is 0.334 e. The van der Waals surface area contributed by atoms with Gasteiger partial charge in [0, 0.05) is 18.9 Å². The Hall–Kier alpha value is -2.70. The van der Waals surface area contributed by atoms with Crippen molar-refractivity contribution in [2.75, 3.05) is 6.54 Å². The van der Waals surface area contributed by atoms with Gasteiger partial charge in [-0.25, -0.2) is 14.7 Å². The number of pyridine rings is 1. The molecule has 0 bridgehead atoms. The lowest BCUT2D eigenvalue weighted by molar-refractivity contribution is -0.143. The zero-order valence-corrected chi connectivity index (χ0v) is 13.2. The third-order valence-corrected chi connectivity index (χ3v) is 3.92. The quantitative estimate of drug-likeness (QED) is 0.622. The maximum absolute atomic E-state index is 12.3. The number of hydrogen-bond donors (Lipinski definition) is 0. The number of rotatable bonds is 5. The van der Waals surface area contributed by atoms with Crippen LogP contribution in [0.3, 0.4) is 0 Å². The second kappa shape index (κ2) is 5.83. The van der Waals surface area contributed by atoms with E-state index in [0.29, 0.717) is 12.1 Å². The van der Waals surface area contributed by atoms with Gasteiger partial charge in [0.25, 0.3) is 0 Å². The van der Waals surface area contributed by atoms with Crippen LogP contribution in [0.15, 0.2) is 24.5 Å². The van der Waals surface area contributed by atoms with Crippen molar-refractivity contribution in [3.63, 3.8) is 0 Å². The number of aromatic nitrogens is 2. The number of urea groups is 1. The van der Waals surface area contributed by atoms with Gasteiger partial charge in [-0.15, -0.1) is 0 Å². The molecule has 7 nitrogen and oxygen atoms in total. The first-order chi connectivity index (χ1) is 11.0. The Labute approximate surface area is 133 Å². The van der Waals surface area contributed by atoms with E-state index >= 15 is 0 Å². The lowest BCUT2D eigenvalue weighted by atomic mass is 10.3. The number of fused-ring (bicyclic) bond motifs is 1. The first-order valence-corrected chi connectivity index (χ1v) is 7.63. The highest BCUT2D eigenvalue weighted by Gasteiger charge is 2.44. The summed E-state index contributed by atoms with van der Waals surface area (Å²) in [5.74, 6) is -1.52. The lowest BCUT2D eigenvalue weighted by Gasteiger charge is -2.14. The molecule has 0 unspecified atom stereocenters. The highest BCUT2D eigenvalue weighted by molar-refractivity contribution is 6.44. The van der Waals surface area contributed by atoms with Crippen molar-refractivity contribution in [3.8, 4) is 0 Å². The SMILES string of the molecule is CCCCN1C(=O)C(=O)N(Cc2cn3cccc(C)c3n2)C1=O. The highest BCUT2D eigenvalue weighted by atomic mass is 16.2. The van der Waals surface area contributed by atoms with Crippen molar-refractivity contribution in [2.45, 2.75) is 33.2 Å². The third-order valence-electron chi connectivity index (χ3n) is 3.92. The monoisotopic (exact) mass is 314 g/mol. The van der Waals surface area contributed by atoms with Gasteiger partial charge in [0.2, 0.25) is 0 Å². The molecule has 1 aliphatic heterocycles. The molecule has 0 saturated carbocycles. The first-order valence-electron chi connectivity index (χ1n) is 7.63. The zero-order chi connectivity index (χ0) is 16.6. The molecule has 2 aromatic heterocycles. The van der Waals surface area contributed by atoms with Crippen LogP contribution < -0.4 is 0 Å². The lowest BCUT2D eigenvalue weighted by Crippen LogP contribution is -2.33. The van der Waals surface area contributed by atoms with E-state index in [1.54, 1.807) is 6.20 Å². The van der Waals surface area contributed by atoms with Crippen molar-refractivity contribution in [2.24, 2.45) is 0 Å². The summed E-state index contributed by atoms with van der Waals surface area (Å²) >= 11 is 0. The summed E-state index contributed by atoms with van der Waals surface area (Å²) in [6.07, 6.45) is 5.15. The summed E-state index contributed by atoms with van der Waals surface area (Å²) in [6.45, 7) is 4.19. The van der Waals surface area contributed by atoms with E-state index in [0.717, 1.165) is 27.4 Å². The molecule has 120 valence electrons. The number of carbonyl (C=O) groups is 3. The van der Waals surface area contributed by atoms with Crippen LogP contribution >= 0.6 is 0 Å².